The van der Waals surface area contributed by atoms with Crippen LogP contribution in [0.1, 0.15) is 30.6 Å². The van der Waals surface area contributed by atoms with E-state index < -0.39 is 0 Å². The largest absolute Gasteiger partial charge is 0.308 e. The number of halogens is 1. The lowest BCUT2D eigenvalue weighted by Crippen LogP contribution is -2.25. The first-order valence-electron chi connectivity index (χ1n) is 6.53. The van der Waals surface area contributed by atoms with Gasteiger partial charge in [0.15, 0.2) is 0 Å². The van der Waals surface area contributed by atoms with Crippen molar-refractivity contribution in [3.63, 3.8) is 0 Å². The van der Waals surface area contributed by atoms with Crippen LogP contribution in [0.3, 0.4) is 0 Å². The highest BCUT2D eigenvalue weighted by Crippen LogP contribution is 2.17. The number of aromatic nitrogens is 2. The molecule has 1 atom stereocenters. The van der Waals surface area contributed by atoms with E-state index in [4.69, 9.17) is 0 Å². The highest BCUT2D eigenvalue weighted by Gasteiger charge is 2.12. The fourth-order valence-corrected chi connectivity index (χ4v) is 2.31. The number of benzene rings is 1. The van der Waals surface area contributed by atoms with Crippen molar-refractivity contribution in [2.24, 2.45) is 0 Å². The second-order valence-corrected chi connectivity index (χ2v) is 5.71. The van der Waals surface area contributed by atoms with Crippen LogP contribution in [0, 0.1) is 3.57 Å². The van der Waals surface area contributed by atoms with Crippen LogP contribution >= 0.6 is 22.6 Å². The van der Waals surface area contributed by atoms with Crippen molar-refractivity contribution in [3.05, 3.63) is 57.7 Å². The third kappa shape index (κ3) is 4.54. The van der Waals surface area contributed by atoms with Crippen LogP contribution in [0.15, 0.2) is 42.9 Å². The summed E-state index contributed by atoms with van der Waals surface area (Å²) in [6.07, 6.45) is 7.37. The molecule has 2 aromatic rings. The molecule has 0 aliphatic heterocycles. The van der Waals surface area contributed by atoms with E-state index in [2.05, 4.69) is 69.1 Å². The van der Waals surface area contributed by atoms with Crippen molar-refractivity contribution in [2.45, 2.75) is 25.8 Å². The Balaban J connectivity index is 2.11. The summed E-state index contributed by atoms with van der Waals surface area (Å²) in [6, 6.07) is 8.87. The van der Waals surface area contributed by atoms with Gasteiger partial charge in [0.2, 0.25) is 0 Å². The van der Waals surface area contributed by atoms with Crippen molar-refractivity contribution in [3.8, 4) is 0 Å². The molecular weight excluding hydrogens is 349 g/mol. The van der Waals surface area contributed by atoms with Crippen molar-refractivity contribution in [1.82, 2.24) is 15.3 Å². The number of nitrogens with zero attached hydrogens (tertiary/aromatic N) is 2. The monoisotopic (exact) mass is 367 g/mol. The first kappa shape index (κ1) is 14.4. The molecular formula is C15H18IN3. The molecule has 0 radical (unpaired) electrons. The van der Waals surface area contributed by atoms with Gasteiger partial charge < -0.3 is 5.32 Å². The molecule has 19 heavy (non-hydrogen) atoms. The second kappa shape index (κ2) is 7.55. The molecule has 0 aliphatic carbocycles. The summed E-state index contributed by atoms with van der Waals surface area (Å²) in [7, 11) is 0. The van der Waals surface area contributed by atoms with E-state index in [0.717, 1.165) is 25.1 Å². The number of hydrogen-bond donors (Lipinski definition) is 1. The molecule has 0 spiro atoms. The Labute approximate surface area is 128 Å². The highest BCUT2D eigenvalue weighted by molar-refractivity contribution is 14.1. The topological polar surface area (TPSA) is 37.8 Å². The minimum Gasteiger partial charge on any atom is -0.308 e. The quantitative estimate of drug-likeness (QED) is 0.796. The summed E-state index contributed by atoms with van der Waals surface area (Å²) in [5.41, 5.74) is 2.33. The van der Waals surface area contributed by atoms with Gasteiger partial charge >= 0.3 is 0 Å². The summed E-state index contributed by atoms with van der Waals surface area (Å²) in [5, 5.41) is 3.54. The molecule has 0 saturated carbocycles. The Bertz CT molecular complexity index is 485. The number of nitrogens with one attached hydrogen (secondary N) is 1. The molecule has 1 aromatic carbocycles. The molecule has 1 heterocycles. The molecule has 0 bridgehead atoms. The van der Waals surface area contributed by atoms with Gasteiger partial charge in [0, 0.05) is 22.2 Å². The zero-order valence-corrected chi connectivity index (χ0v) is 13.2. The van der Waals surface area contributed by atoms with E-state index in [0.29, 0.717) is 0 Å². The van der Waals surface area contributed by atoms with Crippen LogP contribution < -0.4 is 5.32 Å². The lowest BCUT2D eigenvalue weighted by Gasteiger charge is -2.17. The summed E-state index contributed by atoms with van der Waals surface area (Å²) in [5.74, 6) is 0. The van der Waals surface area contributed by atoms with E-state index >= 15 is 0 Å². The van der Waals surface area contributed by atoms with E-state index in [-0.39, 0.29) is 6.04 Å². The molecule has 0 amide bonds. The fraction of sp³-hybridized carbons (Fsp3) is 0.333. The Kier molecular flexibility index (Phi) is 5.72. The zero-order valence-electron chi connectivity index (χ0n) is 11.0. The second-order valence-electron chi connectivity index (χ2n) is 4.47. The lowest BCUT2D eigenvalue weighted by atomic mass is 10.0. The van der Waals surface area contributed by atoms with Gasteiger partial charge in [0.05, 0.1) is 11.7 Å². The lowest BCUT2D eigenvalue weighted by molar-refractivity contribution is 0.516. The first-order chi connectivity index (χ1) is 9.29. The van der Waals surface area contributed by atoms with Crippen molar-refractivity contribution in [1.29, 1.82) is 0 Å². The summed E-state index contributed by atoms with van der Waals surface area (Å²) >= 11 is 2.33. The summed E-state index contributed by atoms with van der Waals surface area (Å²) in [6.45, 7) is 3.16. The van der Waals surface area contributed by atoms with Gasteiger partial charge in [0.25, 0.3) is 0 Å². The SMILES string of the molecule is CCCNC(Cc1ccc(I)cc1)c1cnccn1. The maximum absolute atomic E-state index is 4.42. The van der Waals surface area contributed by atoms with Gasteiger partial charge in [-0.3, -0.25) is 9.97 Å². The Morgan fingerprint density at radius 2 is 2.00 bits per heavy atom. The van der Waals surface area contributed by atoms with Crippen LogP contribution in [-0.4, -0.2) is 16.5 Å². The van der Waals surface area contributed by atoms with E-state index in [9.17, 15) is 0 Å². The van der Waals surface area contributed by atoms with Crippen LogP contribution in [-0.2, 0) is 6.42 Å². The molecule has 1 aromatic heterocycles. The standard InChI is InChI=1S/C15H18IN3/c1-2-7-18-14(15-11-17-8-9-19-15)10-12-3-5-13(16)6-4-12/h3-6,8-9,11,14,18H,2,7,10H2,1H3. The van der Waals surface area contributed by atoms with Crippen LogP contribution in [0.25, 0.3) is 0 Å². The van der Waals surface area contributed by atoms with Crippen LogP contribution in [0.2, 0.25) is 0 Å². The molecule has 0 aliphatic rings. The zero-order chi connectivity index (χ0) is 13.5. The molecule has 1 unspecified atom stereocenters. The molecule has 2 rings (SSSR count). The van der Waals surface area contributed by atoms with Gasteiger partial charge in [-0.15, -0.1) is 0 Å². The molecule has 4 heteroatoms. The molecule has 1 N–H and O–H groups in total. The number of rotatable bonds is 6. The minimum absolute atomic E-state index is 0.230. The molecule has 3 nitrogen and oxygen atoms in total. The molecule has 0 fully saturated rings. The van der Waals surface area contributed by atoms with Gasteiger partial charge in [-0.05, 0) is 59.7 Å². The van der Waals surface area contributed by atoms with Gasteiger partial charge in [-0.2, -0.15) is 0 Å². The van der Waals surface area contributed by atoms with Crippen LogP contribution in [0.5, 0.6) is 0 Å². The molecule has 0 saturated heterocycles. The minimum atomic E-state index is 0.230. The molecule has 100 valence electrons. The predicted octanol–water partition coefficient (Wildman–Crippen LogP) is 3.36. The summed E-state index contributed by atoms with van der Waals surface area (Å²) in [4.78, 5) is 8.58. The third-order valence-corrected chi connectivity index (χ3v) is 3.65. The average Bonchev–Trinajstić information content (AvgIpc) is 2.46. The first-order valence-corrected chi connectivity index (χ1v) is 7.61. The van der Waals surface area contributed by atoms with Gasteiger partial charge in [0.1, 0.15) is 0 Å². The summed E-state index contributed by atoms with van der Waals surface area (Å²) < 4.78 is 1.26. The van der Waals surface area contributed by atoms with Crippen molar-refractivity contribution in [2.75, 3.05) is 6.54 Å². The Morgan fingerprint density at radius 3 is 2.63 bits per heavy atom. The van der Waals surface area contributed by atoms with E-state index in [1.165, 1.54) is 9.13 Å². The Hall–Kier alpha value is -1.01. The van der Waals surface area contributed by atoms with Gasteiger partial charge in [-0.25, -0.2) is 0 Å². The maximum Gasteiger partial charge on any atom is 0.0759 e. The normalized spacial score (nSPS) is 12.3. The van der Waals surface area contributed by atoms with Crippen molar-refractivity contribution >= 4 is 22.6 Å². The predicted molar refractivity (Wildman–Crippen MR) is 85.9 cm³/mol. The van der Waals surface area contributed by atoms with Crippen molar-refractivity contribution < 1.29 is 0 Å². The fourth-order valence-electron chi connectivity index (χ4n) is 1.95. The average molecular weight is 367 g/mol. The van der Waals surface area contributed by atoms with E-state index in [1.807, 2.05) is 6.20 Å². The van der Waals surface area contributed by atoms with E-state index in [1.54, 1.807) is 12.4 Å². The third-order valence-electron chi connectivity index (χ3n) is 2.93. The highest BCUT2D eigenvalue weighted by atomic mass is 127. The van der Waals surface area contributed by atoms with Crippen LogP contribution in [0.4, 0.5) is 0 Å². The van der Waals surface area contributed by atoms with Gasteiger partial charge in [-0.1, -0.05) is 19.1 Å². The number of hydrogen-bond acceptors (Lipinski definition) is 3. The smallest absolute Gasteiger partial charge is 0.0759 e. The Morgan fingerprint density at radius 1 is 1.21 bits per heavy atom. The maximum atomic E-state index is 4.42.